The van der Waals surface area contributed by atoms with E-state index in [0.717, 1.165) is 21.7 Å². The second-order valence-corrected chi connectivity index (χ2v) is 5.27. The van der Waals surface area contributed by atoms with Crippen LogP contribution in [0.25, 0.3) is 37.9 Å². The van der Waals surface area contributed by atoms with Crippen LogP contribution in [0.5, 0.6) is 0 Å². The lowest BCUT2D eigenvalue weighted by atomic mass is 9.90. The van der Waals surface area contributed by atoms with E-state index in [2.05, 4.69) is 42.5 Å². The molecule has 0 aliphatic carbocycles. The molecule has 2 nitrogen and oxygen atoms in total. The fraction of sp³-hybridized carbons (Fsp3) is 0. The zero-order chi connectivity index (χ0) is 15.1. The van der Waals surface area contributed by atoms with E-state index in [9.17, 15) is 5.26 Å². The molecule has 4 aromatic rings. The van der Waals surface area contributed by atoms with Gasteiger partial charge in [0.1, 0.15) is 6.07 Å². The SMILES string of the molecule is N#CC=C(C#N)c1ccc2ccc3cccc4ccc1c2c34. The van der Waals surface area contributed by atoms with Crippen molar-refractivity contribution in [3.05, 3.63) is 66.2 Å². The van der Waals surface area contributed by atoms with Gasteiger partial charge in [0, 0.05) is 11.6 Å². The molecule has 0 amide bonds. The molecular formula is C20H10N2. The molecule has 0 bridgehead atoms. The molecule has 0 spiro atoms. The summed E-state index contributed by atoms with van der Waals surface area (Å²) in [5.74, 6) is 0. The summed E-state index contributed by atoms with van der Waals surface area (Å²) in [6, 6.07) is 22.6. The van der Waals surface area contributed by atoms with Gasteiger partial charge in [0.25, 0.3) is 0 Å². The number of rotatable bonds is 1. The largest absolute Gasteiger partial charge is 0.193 e. The second kappa shape index (κ2) is 4.58. The van der Waals surface area contributed by atoms with Gasteiger partial charge in [0.2, 0.25) is 0 Å². The van der Waals surface area contributed by atoms with E-state index in [1.807, 2.05) is 24.3 Å². The maximum absolute atomic E-state index is 9.34. The van der Waals surface area contributed by atoms with E-state index >= 15 is 0 Å². The van der Waals surface area contributed by atoms with Crippen molar-refractivity contribution in [2.45, 2.75) is 0 Å². The third-order valence-electron chi connectivity index (χ3n) is 4.15. The molecule has 0 saturated carbocycles. The molecular weight excluding hydrogens is 268 g/mol. The quantitative estimate of drug-likeness (QED) is 0.363. The van der Waals surface area contributed by atoms with Gasteiger partial charge in [0.15, 0.2) is 0 Å². The Morgan fingerprint density at radius 2 is 1.41 bits per heavy atom. The van der Waals surface area contributed by atoms with Crippen LogP contribution in [-0.2, 0) is 0 Å². The standard InChI is InChI=1S/C20H10N2/c21-11-10-16(12-22)17-8-6-15-5-4-13-2-1-3-14-7-9-18(17)20(15)19(13)14/h1-10H. The van der Waals surface area contributed by atoms with Crippen molar-refractivity contribution in [2.75, 3.05) is 0 Å². The highest BCUT2D eigenvalue weighted by Gasteiger charge is 2.12. The van der Waals surface area contributed by atoms with Crippen LogP contribution in [0.1, 0.15) is 5.56 Å². The first-order valence-corrected chi connectivity index (χ1v) is 7.00. The summed E-state index contributed by atoms with van der Waals surface area (Å²) in [7, 11) is 0. The minimum Gasteiger partial charge on any atom is -0.193 e. The lowest BCUT2D eigenvalue weighted by molar-refractivity contribution is 1.51. The van der Waals surface area contributed by atoms with Gasteiger partial charge in [0.05, 0.1) is 11.6 Å². The topological polar surface area (TPSA) is 47.6 Å². The molecule has 22 heavy (non-hydrogen) atoms. The lowest BCUT2D eigenvalue weighted by Gasteiger charge is -2.13. The second-order valence-electron chi connectivity index (χ2n) is 5.27. The van der Waals surface area contributed by atoms with Crippen LogP contribution in [0, 0.1) is 22.7 Å². The molecule has 0 unspecified atom stereocenters. The summed E-state index contributed by atoms with van der Waals surface area (Å²) < 4.78 is 0. The Labute approximate surface area is 127 Å². The molecule has 0 saturated heterocycles. The molecule has 0 aromatic heterocycles. The number of nitrogens with zero attached hydrogens (tertiary/aromatic N) is 2. The van der Waals surface area contributed by atoms with E-state index in [1.165, 1.54) is 22.2 Å². The summed E-state index contributed by atoms with van der Waals surface area (Å²) in [5.41, 5.74) is 1.22. The van der Waals surface area contributed by atoms with Crippen LogP contribution in [0.2, 0.25) is 0 Å². The smallest absolute Gasteiger partial charge is 0.101 e. The molecule has 4 aromatic carbocycles. The Morgan fingerprint density at radius 3 is 2.09 bits per heavy atom. The first kappa shape index (κ1) is 12.4. The average molecular weight is 278 g/mol. The minimum atomic E-state index is 0.403. The zero-order valence-corrected chi connectivity index (χ0v) is 11.7. The Bertz CT molecular complexity index is 1120. The van der Waals surface area contributed by atoms with Crippen LogP contribution in [-0.4, -0.2) is 0 Å². The van der Waals surface area contributed by atoms with E-state index < -0.39 is 0 Å². The van der Waals surface area contributed by atoms with E-state index in [0.29, 0.717) is 5.57 Å². The number of allylic oxidation sites excluding steroid dienone is 2. The molecule has 0 atom stereocenters. The molecule has 0 fully saturated rings. The molecule has 0 aliphatic heterocycles. The first-order chi connectivity index (χ1) is 10.8. The van der Waals surface area contributed by atoms with Gasteiger partial charge in [-0.15, -0.1) is 0 Å². The summed E-state index contributed by atoms with van der Waals surface area (Å²) >= 11 is 0. The third kappa shape index (κ3) is 1.59. The molecule has 0 aliphatic rings. The molecule has 2 heteroatoms. The van der Waals surface area contributed by atoms with Crippen LogP contribution < -0.4 is 0 Å². The molecule has 100 valence electrons. The van der Waals surface area contributed by atoms with E-state index in [4.69, 9.17) is 5.26 Å². The normalized spacial score (nSPS) is 11.8. The first-order valence-electron chi connectivity index (χ1n) is 7.00. The Kier molecular flexibility index (Phi) is 2.58. The van der Waals surface area contributed by atoms with E-state index in [-0.39, 0.29) is 0 Å². The van der Waals surface area contributed by atoms with Crippen LogP contribution in [0.4, 0.5) is 0 Å². The summed E-state index contributed by atoms with van der Waals surface area (Å²) in [6.07, 6.45) is 1.31. The highest BCUT2D eigenvalue weighted by atomic mass is 14.3. The fourth-order valence-electron chi connectivity index (χ4n) is 3.20. The molecule has 4 rings (SSSR count). The molecule has 0 radical (unpaired) electrons. The fourth-order valence-corrected chi connectivity index (χ4v) is 3.20. The predicted octanol–water partition coefficient (Wildman–Crippen LogP) is 5.01. The summed E-state index contributed by atoms with van der Waals surface area (Å²) in [6.45, 7) is 0. The highest BCUT2D eigenvalue weighted by Crippen LogP contribution is 2.37. The van der Waals surface area contributed by atoms with Gasteiger partial charge < -0.3 is 0 Å². The van der Waals surface area contributed by atoms with Gasteiger partial charge in [-0.05, 0) is 32.3 Å². The number of benzene rings is 4. The Hall–Kier alpha value is -3.36. The number of nitriles is 2. The maximum Gasteiger partial charge on any atom is 0.101 e. The van der Waals surface area contributed by atoms with Crippen LogP contribution >= 0.6 is 0 Å². The summed E-state index contributed by atoms with van der Waals surface area (Å²) in [4.78, 5) is 0. The van der Waals surface area contributed by atoms with Gasteiger partial charge in [-0.2, -0.15) is 10.5 Å². The monoisotopic (exact) mass is 278 g/mol. The average Bonchev–Trinajstić information content (AvgIpc) is 2.58. The third-order valence-corrected chi connectivity index (χ3v) is 4.15. The van der Waals surface area contributed by atoms with Crippen molar-refractivity contribution in [2.24, 2.45) is 0 Å². The van der Waals surface area contributed by atoms with Crippen molar-refractivity contribution in [1.29, 1.82) is 10.5 Å². The van der Waals surface area contributed by atoms with Gasteiger partial charge in [-0.3, -0.25) is 0 Å². The molecule has 0 N–H and O–H groups in total. The van der Waals surface area contributed by atoms with Crippen molar-refractivity contribution in [3.8, 4) is 12.1 Å². The van der Waals surface area contributed by atoms with E-state index in [1.54, 1.807) is 0 Å². The summed E-state index contributed by atoms with van der Waals surface area (Å²) in [5, 5.41) is 25.2. The Morgan fingerprint density at radius 1 is 0.773 bits per heavy atom. The van der Waals surface area contributed by atoms with Crippen molar-refractivity contribution in [3.63, 3.8) is 0 Å². The van der Waals surface area contributed by atoms with Crippen molar-refractivity contribution < 1.29 is 0 Å². The van der Waals surface area contributed by atoms with Crippen LogP contribution in [0.3, 0.4) is 0 Å². The van der Waals surface area contributed by atoms with Crippen LogP contribution in [0.15, 0.2) is 60.7 Å². The maximum atomic E-state index is 9.34. The number of hydrogen-bond acceptors (Lipinski definition) is 2. The van der Waals surface area contributed by atoms with Crippen molar-refractivity contribution in [1.82, 2.24) is 0 Å². The van der Waals surface area contributed by atoms with Gasteiger partial charge in [-0.1, -0.05) is 54.6 Å². The minimum absolute atomic E-state index is 0.403. The Balaban J connectivity index is 2.26. The number of hydrogen-bond donors (Lipinski definition) is 0. The predicted molar refractivity (Wildman–Crippen MR) is 89.3 cm³/mol. The van der Waals surface area contributed by atoms with Crippen molar-refractivity contribution >= 4 is 37.9 Å². The zero-order valence-electron chi connectivity index (χ0n) is 11.7. The molecule has 0 heterocycles. The highest BCUT2D eigenvalue weighted by molar-refractivity contribution is 6.24. The van der Waals surface area contributed by atoms with Gasteiger partial charge >= 0.3 is 0 Å². The lowest BCUT2D eigenvalue weighted by Crippen LogP contribution is -1.89. The van der Waals surface area contributed by atoms with Gasteiger partial charge in [-0.25, -0.2) is 0 Å².